The van der Waals surface area contributed by atoms with E-state index < -0.39 is 122 Å². The number of methoxy groups -OCH3 is 1. The molecule has 0 aromatic rings. The summed E-state index contributed by atoms with van der Waals surface area (Å²) in [5.74, 6) is 0.667. The molecule has 10 N–H and O–H groups in total. The summed E-state index contributed by atoms with van der Waals surface area (Å²) in [4.78, 5) is 0. The molecule has 17 heteroatoms. The molecule has 3 saturated heterocycles. The molecule has 7 fully saturated rings. The Balaban J connectivity index is 0.969. The average Bonchev–Trinajstić information content (AvgIpc) is 3.47. The molecule has 57 heavy (non-hydrogen) atoms. The van der Waals surface area contributed by atoms with Gasteiger partial charge in [0.15, 0.2) is 18.9 Å². The van der Waals surface area contributed by atoms with Gasteiger partial charge in [0.2, 0.25) is 0 Å². The SMILES string of the molecule is CO[C@@H]1[C@@H](O)[C@H](O[C@H]2CC[C@@]3(C)[C@@H](CC[C@@H]4[C@@H]3CC[C@]3(C)[C@@H](C(C)O[C@@H]5O[C@H](CO)[C@@H](O)[C@H](O)[C@H]5O)CC[C@]43O)C2)O[C@H](C)[C@@H]1O[C@@H]1O[C@H](CO)[C@@H](O)[C@H](O)[C@H]1O. The van der Waals surface area contributed by atoms with E-state index in [0.717, 1.165) is 51.4 Å². The maximum absolute atomic E-state index is 12.8. The minimum absolute atomic E-state index is 0.0326. The molecular formula is C40H68O17. The maximum atomic E-state index is 12.8. The molecule has 3 aliphatic heterocycles. The van der Waals surface area contributed by atoms with Crippen LogP contribution in [0.5, 0.6) is 0 Å². The van der Waals surface area contributed by atoms with Gasteiger partial charge in [0, 0.05) is 12.5 Å². The zero-order chi connectivity index (χ0) is 41.4. The minimum atomic E-state index is -1.62. The first-order chi connectivity index (χ1) is 26.9. The van der Waals surface area contributed by atoms with Crippen LogP contribution in [-0.2, 0) is 33.2 Å². The lowest BCUT2D eigenvalue weighted by atomic mass is 9.43. The molecule has 0 aromatic carbocycles. The lowest BCUT2D eigenvalue weighted by Crippen LogP contribution is -2.64. The summed E-state index contributed by atoms with van der Waals surface area (Å²) in [5.41, 5.74) is -1.41. The third-order valence-corrected chi connectivity index (χ3v) is 16.1. The molecule has 4 saturated carbocycles. The Morgan fingerprint density at radius 3 is 1.89 bits per heavy atom. The number of hydrogen-bond acceptors (Lipinski definition) is 17. The average molecular weight is 821 g/mol. The van der Waals surface area contributed by atoms with Crippen LogP contribution >= 0.6 is 0 Å². The molecule has 0 spiro atoms. The highest BCUT2D eigenvalue weighted by atomic mass is 16.7. The van der Waals surface area contributed by atoms with Gasteiger partial charge in [-0.25, -0.2) is 0 Å². The Morgan fingerprint density at radius 1 is 0.649 bits per heavy atom. The van der Waals surface area contributed by atoms with Gasteiger partial charge in [0.1, 0.15) is 67.1 Å². The van der Waals surface area contributed by atoms with Gasteiger partial charge in [0.25, 0.3) is 0 Å². The van der Waals surface area contributed by atoms with Gasteiger partial charge in [0.05, 0.1) is 37.1 Å². The molecule has 0 radical (unpaired) electrons. The lowest BCUT2D eigenvalue weighted by Gasteiger charge is -2.64. The van der Waals surface area contributed by atoms with Crippen molar-refractivity contribution in [2.75, 3.05) is 20.3 Å². The van der Waals surface area contributed by atoms with Gasteiger partial charge >= 0.3 is 0 Å². The highest BCUT2D eigenvalue weighted by Crippen LogP contribution is 2.69. The molecule has 7 rings (SSSR count). The van der Waals surface area contributed by atoms with E-state index in [-0.39, 0.29) is 23.4 Å². The first kappa shape index (κ1) is 44.4. The summed E-state index contributed by atoms with van der Waals surface area (Å²) in [6, 6.07) is 0. The van der Waals surface area contributed by atoms with E-state index in [1.165, 1.54) is 7.11 Å². The number of aliphatic hydroxyl groups is 10. The van der Waals surface area contributed by atoms with Crippen LogP contribution in [0.25, 0.3) is 0 Å². The first-order valence-corrected chi connectivity index (χ1v) is 21.1. The van der Waals surface area contributed by atoms with Crippen molar-refractivity contribution in [2.24, 2.45) is 34.5 Å². The Morgan fingerprint density at radius 2 is 1.26 bits per heavy atom. The number of aliphatic hydroxyl groups excluding tert-OH is 9. The van der Waals surface area contributed by atoms with Crippen LogP contribution in [0.3, 0.4) is 0 Å². The van der Waals surface area contributed by atoms with Gasteiger partial charge in [-0.2, -0.15) is 0 Å². The van der Waals surface area contributed by atoms with E-state index in [4.69, 9.17) is 33.2 Å². The van der Waals surface area contributed by atoms with E-state index in [1.807, 2.05) is 6.92 Å². The van der Waals surface area contributed by atoms with E-state index in [9.17, 15) is 51.1 Å². The topological polar surface area (TPSA) is 267 Å². The van der Waals surface area contributed by atoms with Crippen molar-refractivity contribution in [1.82, 2.24) is 0 Å². The Labute approximate surface area is 334 Å². The highest BCUT2D eigenvalue weighted by molar-refractivity contribution is 5.17. The summed E-state index contributed by atoms with van der Waals surface area (Å²) in [6.07, 6.45) is -12.4. The number of ether oxygens (including phenoxy) is 7. The van der Waals surface area contributed by atoms with Crippen LogP contribution in [-0.4, -0.2) is 181 Å². The maximum Gasteiger partial charge on any atom is 0.187 e. The summed E-state index contributed by atoms with van der Waals surface area (Å²) < 4.78 is 41.8. The monoisotopic (exact) mass is 820 g/mol. The van der Waals surface area contributed by atoms with Crippen LogP contribution in [0, 0.1) is 34.5 Å². The second-order valence-corrected chi connectivity index (χ2v) is 18.8. The summed E-state index contributed by atoms with van der Waals surface area (Å²) in [6.45, 7) is 7.01. The Bertz CT molecular complexity index is 1360. The van der Waals surface area contributed by atoms with E-state index >= 15 is 0 Å². The normalized spacial score (nSPS) is 56.1. The minimum Gasteiger partial charge on any atom is -0.394 e. The zero-order valence-corrected chi connectivity index (χ0v) is 33.7. The summed E-state index contributed by atoms with van der Waals surface area (Å²) in [5, 5.41) is 106. The van der Waals surface area contributed by atoms with E-state index in [1.54, 1.807) is 6.92 Å². The van der Waals surface area contributed by atoms with Crippen molar-refractivity contribution in [3.8, 4) is 0 Å². The molecule has 1 unspecified atom stereocenters. The standard InChI is InChI=1S/C40H68O17/c1-17(52-35-30(47)28(45)26(43)24(15-41)55-35)21-10-13-40(50)23-7-6-19-14-20(8-11-38(19,3)22(23)9-12-39(21,40)4)54-37-32(49)34(51-5)33(18(2)53-37)57-36-31(48)29(46)27(44)25(16-42)56-36/h17-37,41-50H,6-16H2,1-5H3/t17?,18-,19+,20+,21-,22+,23-,24-,25-,26-,27-,28+,29+,30-,31-,32-,33+,34-,35-,36+,37+,38+,39-,40+/m1/s1. The lowest BCUT2D eigenvalue weighted by molar-refractivity contribution is -0.362. The fourth-order valence-corrected chi connectivity index (χ4v) is 12.7. The molecule has 7 aliphatic rings. The molecule has 17 nitrogen and oxygen atoms in total. The molecule has 330 valence electrons. The number of hydrogen-bond donors (Lipinski definition) is 10. The second-order valence-electron chi connectivity index (χ2n) is 18.8. The smallest absolute Gasteiger partial charge is 0.187 e. The molecule has 3 heterocycles. The van der Waals surface area contributed by atoms with E-state index in [0.29, 0.717) is 18.3 Å². The van der Waals surface area contributed by atoms with Crippen LogP contribution in [0.15, 0.2) is 0 Å². The predicted molar refractivity (Wildman–Crippen MR) is 196 cm³/mol. The van der Waals surface area contributed by atoms with Crippen molar-refractivity contribution in [2.45, 2.75) is 195 Å². The highest BCUT2D eigenvalue weighted by Gasteiger charge is 2.68. The van der Waals surface area contributed by atoms with Gasteiger partial charge in [-0.3, -0.25) is 0 Å². The summed E-state index contributed by atoms with van der Waals surface area (Å²) >= 11 is 0. The van der Waals surface area contributed by atoms with Gasteiger partial charge in [-0.15, -0.1) is 0 Å². The van der Waals surface area contributed by atoms with Gasteiger partial charge in [-0.1, -0.05) is 13.8 Å². The second kappa shape index (κ2) is 16.9. The number of fused-ring (bicyclic) bond motifs is 5. The fourth-order valence-electron chi connectivity index (χ4n) is 12.7. The van der Waals surface area contributed by atoms with Crippen LogP contribution in [0.1, 0.15) is 85.5 Å². The van der Waals surface area contributed by atoms with Crippen molar-refractivity contribution in [3.63, 3.8) is 0 Å². The van der Waals surface area contributed by atoms with Crippen LogP contribution in [0.2, 0.25) is 0 Å². The van der Waals surface area contributed by atoms with Crippen molar-refractivity contribution in [3.05, 3.63) is 0 Å². The fraction of sp³-hybridized carbons (Fsp3) is 1.00. The van der Waals surface area contributed by atoms with Gasteiger partial charge in [-0.05, 0) is 101 Å². The predicted octanol–water partition coefficient (Wildman–Crippen LogP) is -1.34. The van der Waals surface area contributed by atoms with Crippen molar-refractivity contribution < 1.29 is 84.2 Å². The first-order valence-electron chi connectivity index (χ1n) is 21.1. The van der Waals surface area contributed by atoms with Crippen LogP contribution in [0.4, 0.5) is 0 Å². The molecule has 0 amide bonds. The zero-order valence-electron chi connectivity index (χ0n) is 33.7. The molecule has 24 atom stereocenters. The third-order valence-electron chi connectivity index (χ3n) is 16.1. The van der Waals surface area contributed by atoms with Crippen molar-refractivity contribution in [1.29, 1.82) is 0 Å². The summed E-state index contributed by atoms with van der Waals surface area (Å²) in [7, 11) is 1.42. The molecule has 4 aliphatic carbocycles. The quantitative estimate of drug-likeness (QED) is 0.114. The molecular weight excluding hydrogens is 752 g/mol. The van der Waals surface area contributed by atoms with E-state index in [2.05, 4.69) is 13.8 Å². The largest absolute Gasteiger partial charge is 0.394 e. The van der Waals surface area contributed by atoms with Gasteiger partial charge < -0.3 is 84.2 Å². The Hall–Kier alpha value is -0.680. The van der Waals surface area contributed by atoms with Crippen LogP contribution < -0.4 is 0 Å². The molecule has 0 aromatic heterocycles. The van der Waals surface area contributed by atoms with Crippen molar-refractivity contribution >= 4 is 0 Å². The Kier molecular flexibility index (Phi) is 13.1. The number of rotatable bonds is 10. The third kappa shape index (κ3) is 7.45. The molecule has 0 bridgehead atoms.